The van der Waals surface area contributed by atoms with Gasteiger partial charge < -0.3 is 9.64 Å². The van der Waals surface area contributed by atoms with E-state index in [0.717, 1.165) is 47.9 Å². The monoisotopic (exact) mass is 424 g/mol. The molecule has 4 rings (SSSR count). The van der Waals surface area contributed by atoms with Crippen LogP contribution in [0.25, 0.3) is 10.9 Å². The number of hydrogen-bond acceptors (Lipinski definition) is 5. The molecule has 7 heteroatoms. The van der Waals surface area contributed by atoms with Gasteiger partial charge in [0, 0.05) is 35.9 Å². The Morgan fingerprint density at radius 3 is 2.77 bits per heavy atom. The molecular formula is C23H25ClN4O2. The highest BCUT2D eigenvalue weighted by molar-refractivity contribution is 6.30. The maximum atomic E-state index is 13.3. The van der Waals surface area contributed by atoms with Crippen LogP contribution < -0.4 is 4.74 Å². The number of aromatic nitrogens is 3. The van der Waals surface area contributed by atoms with E-state index >= 15 is 0 Å². The number of amides is 1. The third kappa shape index (κ3) is 4.54. The van der Waals surface area contributed by atoms with Gasteiger partial charge in [-0.3, -0.25) is 9.78 Å². The number of hydrogen-bond donors (Lipinski definition) is 0. The number of carbonyl (C=O) groups is 1. The third-order valence-corrected chi connectivity index (χ3v) is 5.85. The van der Waals surface area contributed by atoms with Crippen molar-refractivity contribution in [3.8, 4) is 5.75 Å². The van der Waals surface area contributed by atoms with Crippen LogP contribution in [0.5, 0.6) is 5.75 Å². The molecule has 30 heavy (non-hydrogen) atoms. The molecule has 3 aromatic rings. The lowest BCUT2D eigenvalue weighted by molar-refractivity contribution is 0.0607. The van der Waals surface area contributed by atoms with Gasteiger partial charge in [0.15, 0.2) is 0 Å². The SMILES string of the molecule is CCOc1ccc2nc(Cl)c(CN(C(=O)c3cnccn3)C3CCCCC3)cc2c1. The van der Waals surface area contributed by atoms with Crippen LogP contribution in [0, 0.1) is 0 Å². The van der Waals surface area contributed by atoms with Crippen molar-refractivity contribution in [3.05, 3.63) is 59.3 Å². The molecule has 0 radical (unpaired) electrons. The van der Waals surface area contributed by atoms with Crippen LogP contribution in [0.4, 0.5) is 0 Å². The second-order valence-electron chi connectivity index (χ2n) is 7.54. The van der Waals surface area contributed by atoms with Gasteiger partial charge in [0.05, 0.1) is 18.3 Å². The number of pyridine rings is 1. The molecule has 0 unspecified atom stereocenters. The molecule has 1 fully saturated rings. The van der Waals surface area contributed by atoms with E-state index in [9.17, 15) is 4.79 Å². The predicted octanol–water partition coefficient (Wildman–Crippen LogP) is 5.05. The Hall–Kier alpha value is -2.73. The van der Waals surface area contributed by atoms with Gasteiger partial charge in [-0.2, -0.15) is 0 Å². The summed E-state index contributed by atoms with van der Waals surface area (Å²) < 4.78 is 5.62. The zero-order valence-electron chi connectivity index (χ0n) is 17.1. The molecule has 6 nitrogen and oxygen atoms in total. The zero-order chi connectivity index (χ0) is 20.9. The minimum Gasteiger partial charge on any atom is -0.494 e. The molecule has 0 N–H and O–H groups in total. The Morgan fingerprint density at radius 2 is 2.03 bits per heavy atom. The van der Waals surface area contributed by atoms with Crippen LogP contribution in [0.3, 0.4) is 0 Å². The number of carbonyl (C=O) groups excluding carboxylic acids is 1. The van der Waals surface area contributed by atoms with Gasteiger partial charge >= 0.3 is 0 Å². The van der Waals surface area contributed by atoms with E-state index in [0.29, 0.717) is 24.0 Å². The van der Waals surface area contributed by atoms with Gasteiger partial charge in [-0.25, -0.2) is 9.97 Å². The number of fused-ring (bicyclic) bond motifs is 1. The summed E-state index contributed by atoms with van der Waals surface area (Å²) in [6.45, 7) is 2.94. The second-order valence-corrected chi connectivity index (χ2v) is 7.90. The molecule has 0 bridgehead atoms. The minimum absolute atomic E-state index is 0.116. The largest absolute Gasteiger partial charge is 0.494 e. The van der Waals surface area contributed by atoms with Crippen molar-refractivity contribution < 1.29 is 9.53 Å². The summed E-state index contributed by atoms with van der Waals surface area (Å²) >= 11 is 6.53. The van der Waals surface area contributed by atoms with Crippen LogP contribution in [0.2, 0.25) is 5.15 Å². The number of ether oxygens (including phenoxy) is 1. The topological polar surface area (TPSA) is 68.2 Å². The molecule has 2 aromatic heterocycles. The molecule has 1 aromatic carbocycles. The average molecular weight is 425 g/mol. The molecule has 0 spiro atoms. The van der Waals surface area contributed by atoms with Crippen LogP contribution in [0.1, 0.15) is 55.1 Å². The van der Waals surface area contributed by atoms with Gasteiger partial charge in [0.25, 0.3) is 5.91 Å². The van der Waals surface area contributed by atoms with E-state index in [1.807, 2.05) is 36.1 Å². The maximum absolute atomic E-state index is 13.3. The standard InChI is InChI=1S/C23H25ClN4O2/c1-2-30-19-8-9-20-16(13-19)12-17(22(24)27-20)15-28(18-6-4-3-5-7-18)23(29)21-14-25-10-11-26-21/h8-14,18H,2-7,15H2,1H3. The Morgan fingerprint density at radius 1 is 1.20 bits per heavy atom. The van der Waals surface area contributed by atoms with Crippen molar-refractivity contribution in [2.75, 3.05) is 6.61 Å². The van der Waals surface area contributed by atoms with E-state index < -0.39 is 0 Å². The predicted molar refractivity (Wildman–Crippen MR) is 117 cm³/mol. The first-order chi connectivity index (χ1) is 14.7. The van der Waals surface area contributed by atoms with E-state index in [4.69, 9.17) is 16.3 Å². The van der Waals surface area contributed by atoms with Crippen LogP contribution in [0.15, 0.2) is 42.9 Å². The van der Waals surface area contributed by atoms with Crippen molar-refractivity contribution in [3.63, 3.8) is 0 Å². The van der Waals surface area contributed by atoms with Crippen molar-refractivity contribution in [1.82, 2.24) is 19.9 Å². The first-order valence-electron chi connectivity index (χ1n) is 10.4. The highest BCUT2D eigenvalue weighted by atomic mass is 35.5. The van der Waals surface area contributed by atoms with E-state index in [1.54, 1.807) is 12.4 Å². The van der Waals surface area contributed by atoms with E-state index in [1.165, 1.54) is 12.6 Å². The average Bonchev–Trinajstić information content (AvgIpc) is 2.79. The summed E-state index contributed by atoms with van der Waals surface area (Å²) in [7, 11) is 0. The number of nitrogens with zero attached hydrogens (tertiary/aromatic N) is 4. The van der Waals surface area contributed by atoms with Crippen LogP contribution in [-0.2, 0) is 6.54 Å². The molecule has 0 saturated heterocycles. The smallest absolute Gasteiger partial charge is 0.274 e. The van der Waals surface area contributed by atoms with Crippen molar-refractivity contribution in [2.24, 2.45) is 0 Å². The molecule has 1 aliphatic carbocycles. The zero-order valence-corrected chi connectivity index (χ0v) is 17.8. The highest BCUT2D eigenvalue weighted by Gasteiger charge is 2.28. The summed E-state index contributed by atoms with van der Waals surface area (Å²) in [6, 6.07) is 7.92. The van der Waals surface area contributed by atoms with Gasteiger partial charge in [0.1, 0.15) is 16.6 Å². The summed E-state index contributed by atoms with van der Waals surface area (Å²) in [6.07, 6.45) is 10.1. The highest BCUT2D eigenvalue weighted by Crippen LogP contribution is 2.29. The lowest BCUT2D eigenvalue weighted by Crippen LogP contribution is -2.41. The number of halogens is 1. The molecule has 156 valence electrons. The molecule has 0 atom stereocenters. The fourth-order valence-electron chi connectivity index (χ4n) is 4.04. The summed E-state index contributed by atoms with van der Waals surface area (Å²) in [5.74, 6) is 0.675. The fraction of sp³-hybridized carbons (Fsp3) is 0.391. The molecule has 1 saturated carbocycles. The summed E-state index contributed by atoms with van der Waals surface area (Å²) in [5.41, 5.74) is 1.98. The minimum atomic E-state index is -0.116. The molecule has 1 amide bonds. The van der Waals surface area contributed by atoms with E-state index in [-0.39, 0.29) is 11.9 Å². The van der Waals surface area contributed by atoms with Gasteiger partial charge in [-0.05, 0) is 44.0 Å². The van der Waals surface area contributed by atoms with Gasteiger partial charge in [0.2, 0.25) is 0 Å². The lowest BCUT2D eigenvalue weighted by Gasteiger charge is -2.34. The van der Waals surface area contributed by atoms with Crippen molar-refractivity contribution in [2.45, 2.75) is 51.6 Å². The molecule has 2 heterocycles. The summed E-state index contributed by atoms with van der Waals surface area (Å²) in [4.78, 5) is 28.0. The Balaban J connectivity index is 1.68. The molecular weight excluding hydrogens is 400 g/mol. The van der Waals surface area contributed by atoms with Crippen molar-refractivity contribution >= 4 is 28.4 Å². The number of rotatable bonds is 6. The third-order valence-electron chi connectivity index (χ3n) is 5.52. The first kappa shape index (κ1) is 20.5. The Kier molecular flexibility index (Phi) is 6.43. The number of benzene rings is 1. The summed E-state index contributed by atoms with van der Waals surface area (Å²) in [5, 5.41) is 1.36. The quantitative estimate of drug-likeness (QED) is 0.518. The molecule has 0 aliphatic heterocycles. The van der Waals surface area contributed by atoms with Crippen LogP contribution >= 0.6 is 11.6 Å². The first-order valence-corrected chi connectivity index (χ1v) is 10.8. The lowest BCUT2D eigenvalue weighted by atomic mass is 9.93. The fourth-order valence-corrected chi connectivity index (χ4v) is 4.25. The second kappa shape index (κ2) is 9.39. The van der Waals surface area contributed by atoms with Crippen LogP contribution in [-0.4, -0.2) is 38.4 Å². The Bertz CT molecular complexity index is 1020. The molecule has 1 aliphatic rings. The van der Waals surface area contributed by atoms with Gasteiger partial charge in [-0.15, -0.1) is 0 Å². The normalized spacial score (nSPS) is 14.6. The maximum Gasteiger partial charge on any atom is 0.274 e. The Labute approximate surface area is 181 Å². The van der Waals surface area contributed by atoms with Gasteiger partial charge in [-0.1, -0.05) is 30.9 Å². The van der Waals surface area contributed by atoms with Crippen molar-refractivity contribution in [1.29, 1.82) is 0 Å². The van der Waals surface area contributed by atoms with E-state index in [2.05, 4.69) is 15.0 Å².